The number of hydrogen-bond donors (Lipinski definition) is 1. The zero-order chi connectivity index (χ0) is 11.9. The van der Waals surface area contributed by atoms with Gasteiger partial charge in [-0.3, -0.25) is 0 Å². The maximum Gasteiger partial charge on any atom is 0.224 e. The normalized spacial score (nSPS) is 16.2. The van der Waals surface area contributed by atoms with Crippen LogP contribution in [0.15, 0.2) is 0 Å². The summed E-state index contributed by atoms with van der Waals surface area (Å²) in [6, 6.07) is 0. The van der Waals surface area contributed by atoms with Crippen LogP contribution in [-0.4, -0.2) is 20.7 Å². The van der Waals surface area contributed by atoms with Gasteiger partial charge in [-0.1, -0.05) is 0 Å². The molecule has 0 unspecified atom stereocenters. The van der Waals surface area contributed by atoms with E-state index in [1.54, 1.807) is 6.92 Å². The molecule has 1 N–H and O–H groups in total. The van der Waals surface area contributed by atoms with E-state index in [1.807, 2.05) is 20.8 Å². The summed E-state index contributed by atoms with van der Waals surface area (Å²) >= 11 is 0. The van der Waals surface area contributed by atoms with Crippen LogP contribution in [0, 0.1) is 6.92 Å². The van der Waals surface area contributed by atoms with Gasteiger partial charge in [0.05, 0.1) is 5.56 Å². The summed E-state index contributed by atoms with van der Waals surface area (Å²) in [6.45, 7) is 7.65. The van der Waals surface area contributed by atoms with E-state index in [0.29, 0.717) is 23.2 Å². The summed E-state index contributed by atoms with van der Waals surface area (Å²) in [6.07, 6.45) is 2.22. The Hall–Kier alpha value is -1.32. The first kappa shape index (κ1) is 11.2. The molecule has 1 heterocycles. The van der Waals surface area contributed by atoms with Crippen LogP contribution in [-0.2, 0) is 0 Å². The Morgan fingerprint density at radius 2 is 1.88 bits per heavy atom. The fourth-order valence-corrected chi connectivity index (χ4v) is 1.41. The van der Waals surface area contributed by atoms with Crippen molar-refractivity contribution in [1.82, 2.24) is 9.97 Å². The zero-order valence-corrected chi connectivity index (χ0v) is 10.2. The van der Waals surface area contributed by atoms with E-state index in [2.05, 4.69) is 9.97 Å². The van der Waals surface area contributed by atoms with Crippen molar-refractivity contribution < 1.29 is 9.84 Å². The summed E-state index contributed by atoms with van der Waals surface area (Å²) in [5.41, 5.74) is 0.297. The van der Waals surface area contributed by atoms with Gasteiger partial charge < -0.3 is 9.84 Å². The molecule has 16 heavy (non-hydrogen) atoms. The van der Waals surface area contributed by atoms with Crippen LogP contribution in [0.2, 0.25) is 0 Å². The quantitative estimate of drug-likeness (QED) is 0.835. The Morgan fingerprint density at radius 1 is 1.25 bits per heavy atom. The van der Waals surface area contributed by atoms with Crippen molar-refractivity contribution >= 4 is 0 Å². The highest BCUT2D eigenvalue weighted by molar-refractivity contribution is 5.34. The Kier molecular flexibility index (Phi) is 2.52. The van der Waals surface area contributed by atoms with Crippen molar-refractivity contribution in [2.75, 3.05) is 0 Å². The molecule has 1 fully saturated rings. The molecule has 0 aromatic carbocycles. The summed E-state index contributed by atoms with van der Waals surface area (Å²) in [5, 5.41) is 9.72. The third kappa shape index (κ3) is 2.43. The minimum atomic E-state index is -0.313. The molecule has 0 radical (unpaired) electrons. The van der Waals surface area contributed by atoms with E-state index in [-0.39, 0.29) is 11.5 Å². The van der Waals surface area contributed by atoms with Gasteiger partial charge in [0.1, 0.15) is 11.4 Å². The van der Waals surface area contributed by atoms with Gasteiger partial charge in [0.15, 0.2) is 0 Å². The van der Waals surface area contributed by atoms with Crippen LogP contribution < -0.4 is 4.74 Å². The molecule has 0 spiro atoms. The molecular weight excluding hydrogens is 204 g/mol. The van der Waals surface area contributed by atoms with Gasteiger partial charge >= 0.3 is 0 Å². The molecular formula is C12H18N2O2. The summed E-state index contributed by atoms with van der Waals surface area (Å²) < 4.78 is 5.72. The molecule has 0 bridgehead atoms. The lowest BCUT2D eigenvalue weighted by atomic mass is 10.2. The predicted molar refractivity (Wildman–Crippen MR) is 60.8 cm³/mol. The lowest BCUT2D eigenvalue weighted by molar-refractivity contribution is 0.121. The minimum Gasteiger partial charge on any atom is -0.493 e. The van der Waals surface area contributed by atoms with Gasteiger partial charge in [0.2, 0.25) is 11.8 Å². The van der Waals surface area contributed by atoms with Crippen LogP contribution in [0.25, 0.3) is 0 Å². The highest BCUT2D eigenvalue weighted by Crippen LogP contribution is 2.40. The van der Waals surface area contributed by atoms with Gasteiger partial charge in [-0.15, -0.1) is 0 Å². The van der Waals surface area contributed by atoms with E-state index in [0.717, 1.165) is 12.8 Å². The molecule has 1 saturated carbocycles. The molecule has 88 valence electrons. The van der Waals surface area contributed by atoms with E-state index in [1.165, 1.54) is 0 Å². The highest BCUT2D eigenvalue weighted by atomic mass is 16.5. The second-order valence-corrected chi connectivity index (χ2v) is 5.32. The van der Waals surface area contributed by atoms with Crippen molar-refractivity contribution in [3.05, 3.63) is 11.4 Å². The first-order chi connectivity index (χ1) is 7.37. The first-order valence-electron chi connectivity index (χ1n) is 5.63. The Balaban J connectivity index is 2.34. The number of rotatable bonds is 2. The topological polar surface area (TPSA) is 55.2 Å². The summed E-state index contributed by atoms with van der Waals surface area (Å²) in [4.78, 5) is 8.48. The van der Waals surface area contributed by atoms with Crippen LogP contribution in [0.5, 0.6) is 11.8 Å². The minimum absolute atomic E-state index is 0.0381. The van der Waals surface area contributed by atoms with Gasteiger partial charge in [-0.2, -0.15) is 9.97 Å². The molecule has 0 aliphatic heterocycles. The van der Waals surface area contributed by atoms with Crippen molar-refractivity contribution in [1.29, 1.82) is 0 Å². The molecule has 1 aliphatic carbocycles. The number of aromatic nitrogens is 2. The molecule has 0 atom stereocenters. The molecule has 1 aliphatic rings. The SMILES string of the molecule is Cc1c(O)nc(C2CC2)nc1OC(C)(C)C. The third-order valence-electron chi connectivity index (χ3n) is 2.44. The smallest absolute Gasteiger partial charge is 0.224 e. The van der Waals surface area contributed by atoms with Crippen molar-refractivity contribution in [3.63, 3.8) is 0 Å². The predicted octanol–water partition coefficient (Wildman–Crippen LogP) is 2.55. The van der Waals surface area contributed by atoms with Crippen LogP contribution in [0.4, 0.5) is 0 Å². The Bertz CT molecular complexity index is 406. The van der Waals surface area contributed by atoms with Crippen molar-refractivity contribution in [2.24, 2.45) is 0 Å². The molecule has 1 aromatic heterocycles. The zero-order valence-electron chi connectivity index (χ0n) is 10.2. The largest absolute Gasteiger partial charge is 0.493 e. The average Bonchev–Trinajstić information content (AvgIpc) is 2.93. The molecule has 0 amide bonds. The first-order valence-corrected chi connectivity index (χ1v) is 5.63. The van der Waals surface area contributed by atoms with E-state index in [4.69, 9.17) is 4.74 Å². The van der Waals surface area contributed by atoms with Gasteiger partial charge in [0, 0.05) is 5.92 Å². The van der Waals surface area contributed by atoms with E-state index < -0.39 is 0 Å². The maximum atomic E-state index is 9.72. The van der Waals surface area contributed by atoms with Crippen LogP contribution in [0.1, 0.15) is 50.9 Å². The maximum absolute atomic E-state index is 9.72. The fraction of sp³-hybridized carbons (Fsp3) is 0.667. The monoisotopic (exact) mass is 222 g/mol. The van der Waals surface area contributed by atoms with Crippen molar-refractivity contribution in [2.45, 2.75) is 52.1 Å². The average molecular weight is 222 g/mol. The Labute approximate surface area is 95.7 Å². The molecule has 0 saturated heterocycles. The highest BCUT2D eigenvalue weighted by Gasteiger charge is 2.29. The Morgan fingerprint density at radius 3 is 2.38 bits per heavy atom. The van der Waals surface area contributed by atoms with Gasteiger partial charge in [-0.25, -0.2) is 0 Å². The molecule has 4 nitrogen and oxygen atoms in total. The summed E-state index contributed by atoms with van der Waals surface area (Å²) in [7, 11) is 0. The summed E-state index contributed by atoms with van der Waals surface area (Å²) in [5.74, 6) is 1.66. The van der Waals surface area contributed by atoms with Gasteiger partial charge in [0.25, 0.3) is 0 Å². The lowest BCUT2D eigenvalue weighted by Gasteiger charge is -2.22. The lowest BCUT2D eigenvalue weighted by Crippen LogP contribution is -2.24. The molecule has 2 rings (SSSR count). The number of ether oxygens (including phenoxy) is 1. The van der Waals surface area contributed by atoms with E-state index in [9.17, 15) is 5.11 Å². The number of aromatic hydroxyl groups is 1. The number of hydrogen-bond acceptors (Lipinski definition) is 4. The fourth-order valence-electron chi connectivity index (χ4n) is 1.41. The molecule has 1 aromatic rings. The second kappa shape index (κ2) is 3.61. The standard InChI is InChI=1S/C12H18N2O2/c1-7-10(15)13-9(8-5-6-8)14-11(7)16-12(2,3)4/h8H,5-6H2,1-4H3,(H,13,14,15). The van der Waals surface area contributed by atoms with Crippen LogP contribution >= 0.6 is 0 Å². The van der Waals surface area contributed by atoms with E-state index >= 15 is 0 Å². The third-order valence-corrected chi connectivity index (χ3v) is 2.44. The molecule has 4 heteroatoms. The van der Waals surface area contributed by atoms with Crippen LogP contribution in [0.3, 0.4) is 0 Å². The number of nitrogens with zero attached hydrogens (tertiary/aromatic N) is 2. The van der Waals surface area contributed by atoms with Crippen molar-refractivity contribution in [3.8, 4) is 11.8 Å². The van der Waals surface area contributed by atoms with Gasteiger partial charge in [-0.05, 0) is 40.5 Å². The second-order valence-electron chi connectivity index (χ2n) is 5.32.